The zero-order chi connectivity index (χ0) is 19.8. The van der Waals surface area contributed by atoms with Gasteiger partial charge in [0.05, 0.1) is 27.0 Å². The summed E-state index contributed by atoms with van der Waals surface area (Å²) in [4.78, 5) is 13.2. The van der Waals surface area contributed by atoms with Crippen LogP contribution in [0.5, 0.6) is 0 Å². The van der Waals surface area contributed by atoms with Gasteiger partial charge in [0, 0.05) is 0 Å². The number of nitriles is 1. The van der Waals surface area contributed by atoms with Gasteiger partial charge in [-0.2, -0.15) is 18.4 Å². The van der Waals surface area contributed by atoms with Gasteiger partial charge in [-0.25, -0.2) is 0 Å². The van der Waals surface area contributed by atoms with Crippen LogP contribution in [0.3, 0.4) is 0 Å². The minimum atomic E-state index is -4.82. The van der Waals surface area contributed by atoms with Gasteiger partial charge in [-0.3, -0.25) is 4.79 Å². The molecule has 3 rings (SSSR count). The summed E-state index contributed by atoms with van der Waals surface area (Å²) in [5.41, 5.74) is -1.32. The van der Waals surface area contributed by atoms with Crippen molar-refractivity contribution < 1.29 is 13.2 Å². The fourth-order valence-corrected chi connectivity index (χ4v) is 3.74. The molecule has 0 bridgehead atoms. The van der Waals surface area contributed by atoms with Crippen molar-refractivity contribution in [3.8, 4) is 16.6 Å². The van der Waals surface area contributed by atoms with Crippen molar-refractivity contribution >= 4 is 22.9 Å². The number of hydrogen-bond donors (Lipinski definition) is 0. The van der Waals surface area contributed by atoms with Gasteiger partial charge in [0.2, 0.25) is 0 Å². The average molecular weight is 409 g/mol. The molecule has 27 heavy (non-hydrogen) atoms. The van der Waals surface area contributed by atoms with Crippen molar-refractivity contribution in [2.75, 3.05) is 0 Å². The topological polar surface area (TPSA) is 45.8 Å². The van der Waals surface area contributed by atoms with Crippen molar-refractivity contribution in [1.29, 1.82) is 5.26 Å². The van der Waals surface area contributed by atoms with E-state index in [2.05, 4.69) is 0 Å². The Bertz CT molecular complexity index is 1090. The molecule has 0 fully saturated rings. The van der Waals surface area contributed by atoms with Crippen LogP contribution in [0, 0.1) is 18.3 Å². The van der Waals surface area contributed by atoms with E-state index in [-0.39, 0.29) is 12.2 Å². The van der Waals surface area contributed by atoms with E-state index in [0.29, 0.717) is 9.21 Å². The Morgan fingerprint density at radius 2 is 1.85 bits per heavy atom. The van der Waals surface area contributed by atoms with Crippen LogP contribution in [-0.2, 0) is 12.7 Å². The first-order valence-electron chi connectivity index (χ1n) is 7.77. The molecule has 0 amide bonds. The van der Waals surface area contributed by atoms with E-state index in [1.807, 2.05) is 19.1 Å². The van der Waals surface area contributed by atoms with Crippen LogP contribution >= 0.6 is 22.9 Å². The highest BCUT2D eigenvalue weighted by Crippen LogP contribution is 2.36. The van der Waals surface area contributed by atoms with Gasteiger partial charge >= 0.3 is 6.18 Å². The molecule has 0 aliphatic rings. The van der Waals surface area contributed by atoms with Crippen LogP contribution in [0.1, 0.15) is 22.3 Å². The quantitative estimate of drug-likeness (QED) is 0.576. The molecule has 0 aliphatic carbocycles. The molecule has 0 N–H and O–H groups in total. The number of rotatable bonds is 3. The third-order valence-electron chi connectivity index (χ3n) is 4.00. The van der Waals surface area contributed by atoms with Gasteiger partial charge in [-0.15, -0.1) is 11.3 Å². The molecule has 3 aromatic rings. The highest BCUT2D eigenvalue weighted by atomic mass is 35.5. The number of aromatic nitrogens is 1. The Morgan fingerprint density at radius 1 is 1.19 bits per heavy atom. The van der Waals surface area contributed by atoms with Gasteiger partial charge in [0.25, 0.3) is 5.56 Å². The zero-order valence-corrected chi connectivity index (χ0v) is 15.5. The van der Waals surface area contributed by atoms with Crippen molar-refractivity contribution in [3.63, 3.8) is 0 Å². The number of nitrogens with zero attached hydrogens (tertiary/aromatic N) is 2. The number of alkyl halides is 3. The minimum Gasteiger partial charge on any atom is -0.302 e. The molecule has 0 radical (unpaired) electrons. The van der Waals surface area contributed by atoms with E-state index >= 15 is 0 Å². The number of thiophene rings is 1. The first-order chi connectivity index (χ1) is 12.7. The van der Waals surface area contributed by atoms with Crippen LogP contribution in [0.25, 0.3) is 10.6 Å². The van der Waals surface area contributed by atoms with Gasteiger partial charge in [-0.1, -0.05) is 41.4 Å². The van der Waals surface area contributed by atoms with Crippen molar-refractivity contribution in [2.24, 2.45) is 0 Å². The Balaban J connectivity index is 2.28. The summed E-state index contributed by atoms with van der Waals surface area (Å²) in [7, 11) is 0. The van der Waals surface area contributed by atoms with Crippen LogP contribution < -0.4 is 5.56 Å². The summed E-state index contributed by atoms with van der Waals surface area (Å²) in [6.07, 6.45) is -4.82. The van der Waals surface area contributed by atoms with E-state index in [1.165, 1.54) is 10.6 Å². The van der Waals surface area contributed by atoms with Crippen LogP contribution in [0.2, 0.25) is 4.34 Å². The number of halogens is 4. The lowest BCUT2D eigenvalue weighted by molar-refractivity contribution is -0.137. The van der Waals surface area contributed by atoms with E-state index in [0.717, 1.165) is 28.5 Å². The summed E-state index contributed by atoms with van der Waals surface area (Å²) in [5.74, 6) is 0. The molecule has 0 unspecified atom stereocenters. The second-order valence-electron chi connectivity index (χ2n) is 5.91. The lowest BCUT2D eigenvalue weighted by Crippen LogP contribution is -2.28. The van der Waals surface area contributed by atoms with Gasteiger partial charge in [0.1, 0.15) is 11.6 Å². The molecule has 2 aromatic heterocycles. The standard InChI is InChI=1S/C19H12ClF3N2OS/c1-11-2-4-12(5-3-11)10-25-15(16-6-7-17(20)27-16)8-14(19(21,22)23)13(9-24)18(25)26/h2-8H,10H2,1H3. The molecule has 0 saturated carbocycles. The highest BCUT2D eigenvalue weighted by Gasteiger charge is 2.36. The van der Waals surface area contributed by atoms with Gasteiger partial charge in [0.15, 0.2) is 0 Å². The average Bonchev–Trinajstić information content (AvgIpc) is 3.03. The maximum atomic E-state index is 13.4. The Kier molecular flexibility index (Phi) is 5.13. The summed E-state index contributed by atoms with van der Waals surface area (Å²) in [5, 5.41) is 9.17. The molecular formula is C19H12ClF3N2OS. The first-order valence-corrected chi connectivity index (χ1v) is 8.96. The zero-order valence-electron chi connectivity index (χ0n) is 14.0. The Labute approximate surface area is 161 Å². The van der Waals surface area contributed by atoms with Gasteiger partial charge < -0.3 is 4.57 Å². The molecule has 0 saturated heterocycles. The number of aryl methyl sites for hydroxylation is 1. The largest absolute Gasteiger partial charge is 0.417 e. The van der Waals surface area contributed by atoms with Crippen molar-refractivity contribution in [2.45, 2.75) is 19.6 Å². The second kappa shape index (κ2) is 7.22. The lowest BCUT2D eigenvalue weighted by atomic mass is 10.1. The maximum absolute atomic E-state index is 13.4. The summed E-state index contributed by atoms with van der Waals surface area (Å²) in [6, 6.07) is 12.6. The fraction of sp³-hybridized carbons (Fsp3) is 0.158. The first kappa shape index (κ1) is 19.2. The fourth-order valence-electron chi connectivity index (χ4n) is 2.67. The summed E-state index contributed by atoms with van der Waals surface area (Å²) >= 11 is 6.99. The van der Waals surface area contributed by atoms with Crippen LogP contribution in [0.15, 0.2) is 47.3 Å². The third kappa shape index (κ3) is 3.92. The van der Waals surface area contributed by atoms with E-state index < -0.39 is 22.9 Å². The number of hydrogen-bond acceptors (Lipinski definition) is 3. The van der Waals surface area contributed by atoms with Gasteiger partial charge in [-0.05, 0) is 30.7 Å². The van der Waals surface area contributed by atoms with Crippen LogP contribution in [-0.4, -0.2) is 4.57 Å². The Hall–Kier alpha value is -2.56. The SMILES string of the molecule is Cc1ccc(Cn2c(-c3ccc(Cl)s3)cc(C(F)(F)F)c(C#N)c2=O)cc1. The second-order valence-corrected chi connectivity index (χ2v) is 7.62. The predicted octanol–water partition coefficient (Wildman–Crippen LogP) is 5.48. The van der Waals surface area contributed by atoms with E-state index in [9.17, 15) is 23.2 Å². The molecule has 8 heteroatoms. The Morgan fingerprint density at radius 3 is 2.37 bits per heavy atom. The van der Waals surface area contributed by atoms with Crippen LogP contribution in [0.4, 0.5) is 13.2 Å². The molecule has 1 aromatic carbocycles. The number of pyridine rings is 1. The van der Waals surface area contributed by atoms with Crippen molar-refractivity contribution in [1.82, 2.24) is 4.57 Å². The normalized spacial score (nSPS) is 11.4. The monoisotopic (exact) mass is 408 g/mol. The summed E-state index contributed by atoms with van der Waals surface area (Å²) in [6.45, 7) is 1.94. The highest BCUT2D eigenvalue weighted by molar-refractivity contribution is 7.19. The molecule has 3 nitrogen and oxygen atoms in total. The van der Waals surface area contributed by atoms with Crippen molar-refractivity contribution in [3.05, 3.63) is 79.4 Å². The number of benzene rings is 1. The maximum Gasteiger partial charge on any atom is 0.417 e. The minimum absolute atomic E-state index is 0.0385. The summed E-state index contributed by atoms with van der Waals surface area (Å²) < 4.78 is 41.8. The molecule has 0 atom stereocenters. The predicted molar refractivity (Wildman–Crippen MR) is 99.0 cm³/mol. The molecule has 2 heterocycles. The molecule has 0 spiro atoms. The molecule has 0 aliphatic heterocycles. The van der Waals surface area contributed by atoms with E-state index in [4.69, 9.17) is 11.6 Å². The molecular weight excluding hydrogens is 397 g/mol. The lowest BCUT2D eigenvalue weighted by Gasteiger charge is -2.17. The third-order valence-corrected chi connectivity index (χ3v) is 5.26. The smallest absolute Gasteiger partial charge is 0.302 e. The molecule has 138 valence electrons. The van der Waals surface area contributed by atoms with E-state index in [1.54, 1.807) is 24.3 Å².